The Bertz CT molecular complexity index is 415. The summed E-state index contributed by atoms with van der Waals surface area (Å²) in [4.78, 5) is 15.2. The van der Waals surface area contributed by atoms with Crippen molar-refractivity contribution in [2.75, 3.05) is 18.1 Å². The van der Waals surface area contributed by atoms with Gasteiger partial charge in [0.2, 0.25) is 5.91 Å². The molecule has 1 aromatic heterocycles. The summed E-state index contributed by atoms with van der Waals surface area (Å²) in [6.45, 7) is 7.40. The molecule has 0 aliphatic rings. The normalized spacial score (nSPS) is 11.6. The summed E-state index contributed by atoms with van der Waals surface area (Å²) in [6, 6.07) is 4.07. The van der Waals surface area contributed by atoms with Crippen LogP contribution in [-0.2, 0) is 11.3 Å². The van der Waals surface area contributed by atoms with Gasteiger partial charge in [0, 0.05) is 22.7 Å². The highest BCUT2D eigenvalue weighted by molar-refractivity contribution is 9.11. The van der Waals surface area contributed by atoms with Gasteiger partial charge in [-0.15, -0.1) is 11.3 Å². The van der Waals surface area contributed by atoms with Crippen LogP contribution in [0.2, 0.25) is 0 Å². The summed E-state index contributed by atoms with van der Waals surface area (Å²) in [6.07, 6.45) is 0. The molecule has 0 aromatic carbocycles. The van der Waals surface area contributed by atoms with Gasteiger partial charge in [-0.2, -0.15) is 11.8 Å². The van der Waals surface area contributed by atoms with Crippen LogP contribution in [0.5, 0.6) is 0 Å². The highest BCUT2D eigenvalue weighted by Gasteiger charge is 2.16. The molecule has 0 spiro atoms. The molecule has 1 rings (SSSR count). The van der Waals surface area contributed by atoms with Gasteiger partial charge in [0.05, 0.1) is 16.1 Å². The van der Waals surface area contributed by atoms with E-state index in [1.807, 2.05) is 31.7 Å². The van der Waals surface area contributed by atoms with Gasteiger partial charge in [0.15, 0.2) is 0 Å². The molecule has 3 nitrogen and oxygen atoms in total. The maximum Gasteiger partial charge on any atom is 0.232 e. The summed E-state index contributed by atoms with van der Waals surface area (Å²) in [5.41, 5.74) is 5.69. The fourth-order valence-corrected chi connectivity index (χ4v) is 3.98. The molecule has 1 amide bonds. The summed E-state index contributed by atoms with van der Waals surface area (Å²) >= 11 is 6.72. The van der Waals surface area contributed by atoms with Crippen molar-refractivity contribution in [3.63, 3.8) is 0 Å². The van der Waals surface area contributed by atoms with Gasteiger partial charge in [0.25, 0.3) is 0 Å². The zero-order chi connectivity index (χ0) is 14.5. The van der Waals surface area contributed by atoms with Crippen molar-refractivity contribution in [2.45, 2.75) is 32.9 Å². The van der Waals surface area contributed by atoms with Crippen molar-refractivity contribution >= 4 is 44.9 Å². The molecule has 0 aliphatic carbocycles. The number of hydrogen-bond acceptors (Lipinski definition) is 4. The molecule has 6 heteroatoms. The van der Waals surface area contributed by atoms with E-state index in [9.17, 15) is 4.79 Å². The fraction of sp³-hybridized carbons (Fsp3) is 0.615. The van der Waals surface area contributed by atoms with E-state index in [0.717, 1.165) is 16.1 Å². The van der Waals surface area contributed by atoms with Crippen LogP contribution >= 0.6 is 39.0 Å². The van der Waals surface area contributed by atoms with Gasteiger partial charge in [-0.05, 0) is 48.8 Å². The predicted molar refractivity (Wildman–Crippen MR) is 88.7 cm³/mol. The van der Waals surface area contributed by atoms with Crippen LogP contribution in [0, 0.1) is 0 Å². The van der Waals surface area contributed by atoms with Crippen LogP contribution in [0.1, 0.15) is 25.6 Å². The van der Waals surface area contributed by atoms with E-state index in [1.165, 1.54) is 4.88 Å². The number of carbonyl (C=O) groups is 1. The topological polar surface area (TPSA) is 46.3 Å². The van der Waals surface area contributed by atoms with E-state index in [1.54, 1.807) is 23.1 Å². The van der Waals surface area contributed by atoms with Crippen molar-refractivity contribution in [3.8, 4) is 0 Å². The predicted octanol–water partition coefficient (Wildman–Crippen LogP) is 3.33. The molecular formula is C13H21BrN2OS2. The molecule has 2 N–H and O–H groups in total. The Kier molecular flexibility index (Phi) is 6.86. The molecule has 1 heterocycles. The first kappa shape index (κ1) is 17.0. The van der Waals surface area contributed by atoms with Crippen LogP contribution in [0.15, 0.2) is 15.9 Å². The van der Waals surface area contributed by atoms with Crippen molar-refractivity contribution < 1.29 is 4.79 Å². The Balaban J connectivity index is 2.43. The average Bonchev–Trinajstić information content (AvgIpc) is 2.69. The molecule has 0 atom stereocenters. The lowest BCUT2D eigenvalue weighted by atomic mass is 10.1. The minimum atomic E-state index is -0.222. The smallest absolute Gasteiger partial charge is 0.232 e. The summed E-state index contributed by atoms with van der Waals surface area (Å²) in [7, 11) is 0. The van der Waals surface area contributed by atoms with E-state index in [4.69, 9.17) is 5.73 Å². The van der Waals surface area contributed by atoms with Gasteiger partial charge >= 0.3 is 0 Å². The number of nitrogens with zero attached hydrogens (tertiary/aromatic N) is 1. The average molecular weight is 365 g/mol. The van der Waals surface area contributed by atoms with Crippen molar-refractivity contribution in [2.24, 2.45) is 5.73 Å². The van der Waals surface area contributed by atoms with E-state index in [2.05, 4.69) is 22.0 Å². The van der Waals surface area contributed by atoms with Gasteiger partial charge in [-0.3, -0.25) is 4.79 Å². The second-order valence-electron chi connectivity index (χ2n) is 5.10. The maximum atomic E-state index is 12.1. The van der Waals surface area contributed by atoms with Gasteiger partial charge in [-0.25, -0.2) is 0 Å². The largest absolute Gasteiger partial charge is 0.337 e. The molecule has 0 bridgehead atoms. The number of nitrogens with two attached hydrogens (primary N) is 1. The Hall–Kier alpha value is -0.0400. The summed E-state index contributed by atoms with van der Waals surface area (Å²) in [5.74, 6) is 1.48. The Labute approximate surface area is 132 Å². The monoisotopic (exact) mass is 364 g/mol. The number of rotatable bonds is 7. The first-order valence-electron chi connectivity index (χ1n) is 6.20. The number of carbonyl (C=O) groups excluding carboxylic acids is 1. The van der Waals surface area contributed by atoms with Gasteiger partial charge in [-0.1, -0.05) is 0 Å². The van der Waals surface area contributed by atoms with E-state index < -0.39 is 0 Å². The Morgan fingerprint density at radius 3 is 2.68 bits per heavy atom. The van der Waals surface area contributed by atoms with Gasteiger partial charge < -0.3 is 10.6 Å². The Morgan fingerprint density at radius 2 is 2.21 bits per heavy atom. The number of amides is 1. The summed E-state index contributed by atoms with van der Waals surface area (Å²) in [5, 5.41) is 0. The molecule has 0 aliphatic heterocycles. The number of thiophene rings is 1. The molecule has 0 radical (unpaired) electrons. The van der Waals surface area contributed by atoms with Crippen molar-refractivity contribution in [3.05, 3.63) is 20.8 Å². The SMILES string of the molecule is CCN(Cc1ccc(Br)s1)C(=O)CSCC(C)(C)N. The van der Waals surface area contributed by atoms with E-state index in [-0.39, 0.29) is 11.4 Å². The highest BCUT2D eigenvalue weighted by Crippen LogP contribution is 2.23. The molecule has 1 aromatic rings. The van der Waals surface area contributed by atoms with Crippen molar-refractivity contribution in [1.29, 1.82) is 0 Å². The molecule has 0 saturated carbocycles. The van der Waals surface area contributed by atoms with Gasteiger partial charge in [0.1, 0.15) is 0 Å². The first-order valence-corrected chi connectivity index (χ1v) is 8.97. The summed E-state index contributed by atoms with van der Waals surface area (Å²) < 4.78 is 1.10. The molecule has 19 heavy (non-hydrogen) atoms. The second-order valence-corrected chi connectivity index (χ2v) is 8.63. The quantitative estimate of drug-likeness (QED) is 0.806. The van der Waals surface area contributed by atoms with Crippen LogP contribution < -0.4 is 5.73 Å². The highest BCUT2D eigenvalue weighted by atomic mass is 79.9. The molecule has 0 saturated heterocycles. The molecule has 0 fully saturated rings. The third-order valence-corrected chi connectivity index (χ3v) is 5.42. The second kappa shape index (κ2) is 7.67. The molecule has 108 valence electrons. The van der Waals surface area contributed by atoms with Crippen LogP contribution in [0.3, 0.4) is 0 Å². The van der Waals surface area contributed by atoms with E-state index >= 15 is 0 Å². The zero-order valence-electron chi connectivity index (χ0n) is 11.6. The maximum absolute atomic E-state index is 12.1. The minimum Gasteiger partial charge on any atom is -0.337 e. The molecule has 0 unspecified atom stereocenters. The number of halogens is 1. The van der Waals surface area contributed by atoms with Crippen LogP contribution in [0.4, 0.5) is 0 Å². The lowest BCUT2D eigenvalue weighted by molar-refractivity contribution is -0.128. The lowest BCUT2D eigenvalue weighted by Gasteiger charge is -2.22. The number of hydrogen-bond donors (Lipinski definition) is 1. The minimum absolute atomic E-state index is 0.182. The third-order valence-electron chi connectivity index (χ3n) is 2.41. The lowest BCUT2D eigenvalue weighted by Crippen LogP contribution is -2.36. The van der Waals surface area contributed by atoms with Crippen LogP contribution in [0.25, 0.3) is 0 Å². The molecular weight excluding hydrogens is 344 g/mol. The van der Waals surface area contributed by atoms with Crippen LogP contribution in [-0.4, -0.2) is 34.4 Å². The Morgan fingerprint density at radius 1 is 1.53 bits per heavy atom. The third kappa shape index (κ3) is 6.79. The fourth-order valence-electron chi connectivity index (χ4n) is 1.49. The standard InChI is InChI=1S/C13H21BrN2OS2/c1-4-16(7-10-5-6-11(14)19-10)12(17)8-18-9-13(2,3)15/h5-6H,4,7-9,15H2,1-3H3. The number of thioether (sulfide) groups is 1. The first-order chi connectivity index (χ1) is 8.81. The van der Waals surface area contributed by atoms with Crippen molar-refractivity contribution in [1.82, 2.24) is 4.90 Å². The van der Waals surface area contributed by atoms with E-state index in [0.29, 0.717) is 12.3 Å². The zero-order valence-corrected chi connectivity index (χ0v) is 14.8.